The Morgan fingerprint density at radius 3 is 2.13 bits per heavy atom. The normalized spacial score (nSPS) is 18.7. The molecule has 2 aliphatic heterocycles. The van der Waals surface area contributed by atoms with E-state index >= 15 is 0 Å². The molecule has 0 aliphatic carbocycles. The van der Waals surface area contributed by atoms with Crippen LogP contribution in [0.1, 0.15) is 44.9 Å². The van der Waals surface area contributed by atoms with Crippen molar-refractivity contribution in [2.75, 3.05) is 12.4 Å². The molecule has 11 heteroatoms. The number of nitrogens with zero attached hydrogens (tertiary/aromatic N) is 2. The van der Waals surface area contributed by atoms with Gasteiger partial charge in [-0.25, -0.2) is 20.4 Å². The lowest BCUT2D eigenvalue weighted by Gasteiger charge is -2.51. The van der Waals surface area contributed by atoms with E-state index in [-0.39, 0.29) is 18.1 Å². The number of amides is 2. The molecule has 0 unspecified atom stereocenters. The standard InChI is InChI=1S/C28H31N3O7S/c1-17(32)36-15-20-16-39-25-22(31(29)27(35)38-28(2,3)4)24(33)30(25)21(20)26(34)37-23(18-11-7-5-8-12-18)19-13-9-6-10-14-19/h5-14,22-23,25H,15-16,29H2,1-4H3/t22-,25-/m1/s1. The molecule has 0 spiro atoms. The Morgan fingerprint density at radius 2 is 1.62 bits per heavy atom. The Kier molecular flexibility index (Phi) is 8.31. The molecule has 1 saturated heterocycles. The van der Waals surface area contributed by atoms with Gasteiger partial charge in [0.1, 0.15) is 23.3 Å². The zero-order chi connectivity index (χ0) is 28.3. The SMILES string of the molecule is CC(=O)OCC1=C(C(=O)OC(c2ccccc2)c2ccccc2)N2C(=O)[C@@H](N(N)C(=O)OC(C)(C)C)[C@H]2SC1. The van der Waals surface area contributed by atoms with Crippen LogP contribution in [0.5, 0.6) is 0 Å². The first-order valence-corrected chi connectivity index (χ1v) is 13.4. The van der Waals surface area contributed by atoms with Gasteiger partial charge >= 0.3 is 18.0 Å². The van der Waals surface area contributed by atoms with Gasteiger partial charge in [-0.15, -0.1) is 11.8 Å². The Hall–Kier alpha value is -3.83. The Bertz CT molecular complexity index is 1240. The lowest BCUT2D eigenvalue weighted by molar-refractivity contribution is -0.157. The average molecular weight is 554 g/mol. The Balaban J connectivity index is 1.64. The van der Waals surface area contributed by atoms with E-state index in [9.17, 15) is 19.2 Å². The predicted octanol–water partition coefficient (Wildman–Crippen LogP) is 3.53. The summed E-state index contributed by atoms with van der Waals surface area (Å²) in [5, 5.41) is 0.115. The molecule has 10 nitrogen and oxygen atoms in total. The number of rotatable bonds is 7. The summed E-state index contributed by atoms with van der Waals surface area (Å²) >= 11 is 1.30. The number of hydrazine groups is 1. The minimum atomic E-state index is -1.04. The smallest absolute Gasteiger partial charge is 0.425 e. The third-order valence-corrected chi connectivity index (χ3v) is 7.32. The number of hydrogen-bond donors (Lipinski definition) is 1. The lowest BCUT2D eigenvalue weighted by Crippen LogP contribution is -2.73. The van der Waals surface area contributed by atoms with Gasteiger partial charge in [-0.1, -0.05) is 60.7 Å². The van der Waals surface area contributed by atoms with Crippen molar-refractivity contribution in [2.45, 2.75) is 50.8 Å². The van der Waals surface area contributed by atoms with Gasteiger partial charge in [0, 0.05) is 18.2 Å². The highest BCUT2D eigenvalue weighted by atomic mass is 32.2. The molecule has 2 aliphatic rings. The number of carbonyl (C=O) groups excluding carboxylic acids is 4. The number of fused-ring (bicyclic) bond motifs is 1. The van der Waals surface area contributed by atoms with Crippen molar-refractivity contribution in [3.8, 4) is 0 Å². The number of benzene rings is 2. The maximum absolute atomic E-state index is 13.8. The van der Waals surface area contributed by atoms with Gasteiger partial charge in [0.15, 0.2) is 12.1 Å². The van der Waals surface area contributed by atoms with E-state index in [2.05, 4.69) is 0 Å². The molecule has 2 amide bonds. The quantitative estimate of drug-likeness (QED) is 0.137. The van der Waals surface area contributed by atoms with E-state index in [1.807, 2.05) is 60.7 Å². The molecule has 0 saturated carbocycles. The number of ether oxygens (including phenoxy) is 3. The van der Waals surface area contributed by atoms with E-state index in [1.54, 1.807) is 20.8 Å². The molecule has 2 aromatic carbocycles. The third kappa shape index (κ3) is 6.26. The molecule has 2 atom stereocenters. The summed E-state index contributed by atoms with van der Waals surface area (Å²) in [6.45, 7) is 6.15. The van der Waals surface area contributed by atoms with Gasteiger partial charge in [-0.2, -0.15) is 0 Å². The lowest BCUT2D eigenvalue weighted by atomic mass is 10.0. The molecule has 4 rings (SSSR count). The first-order chi connectivity index (χ1) is 18.5. The van der Waals surface area contributed by atoms with E-state index < -0.39 is 47.1 Å². The second-order valence-electron chi connectivity index (χ2n) is 10.1. The van der Waals surface area contributed by atoms with Crippen LogP contribution in [0.2, 0.25) is 0 Å². The van der Waals surface area contributed by atoms with Crippen LogP contribution in [0, 0.1) is 0 Å². The van der Waals surface area contributed by atoms with Crippen molar-refractivity contribution in [1.82, 2.24) is 9.91 Å². The minimum absolute atomic E-state index is 0.0179. The summed E-state index contributed by atoms with van der Waals surface area (Å²) < 4.78 is 16.5. The molecule has 0 aromatic heterocycles. The molecular weight excluding hydrogens is 522 g/mol. The molecule has 2 N–H and O–H groups in total. The molecule has 206 valence electrons. The number of carbonyl (C=O) groups is 4. The largest absolute Gasteiger partial charge is 0.461 e. The molecule has 0 radical (unpaired) electrons. The van der Waals surface area contributed by atoms with Crippen molar-refractivity contribution in [3.05, 3.63) is 83.1 Å². The summed E-state index contributed by atoms with van der Waals surface area (Å²) in [5.74, 6) is 4.42. The fourth-order valence-electron chi connectivity index (χ4n) is 4.25. The van der Waals surface area contributed by atoms with Gasteiger partial charge in [-0.05, 0) is 31.9 Å². The monoisotopic (exact) mass is 553 g/mol. The fraction of sp³-hybridized carbons (Fsp3) is 0.357. The number of esters is 2. The van der Waals surface area contributed by atoms with Crippen molar-refractivity contribution >= 4 is 35.7 Å². The van der Waals surface area contributed by atoms with Crippen LogP contribution in [0.15, 0.2) is 71.9 Å². The van der Waals surface area contributed by atoms with Gasteiger partial charge in [0.25, 0.3) is 5.91 Å². The zero-order valence-corrected chi connectivity index (χ0v) is 23.0. The summed E-state index contributed by atoms with van der Waals surface area (Å²) in [7, 11) is 0. The summed E-state index contributed by atoms with van der Waals surface area (Å²) in [5.41, 5.74) is 1.08. The van der Waals surface area contributed by atoms with Crippen LogP contribution in [0.3, 0.4) is 0 Å². The zero-order valence-electron chi connectivity index (χ0n) is 22.2. The maximum Gasteiger partial charge on any atom is 0.425 e. The molecule has 2 heterocycles. The van der Waals surface area contributed by atoms with E-state index in [1.165, 1.54) is 23.6 Å². The van der Waals surface area contributed by atoms with Crippen LogP contribution >= 0.6 is 11.8 Å². The second-order valence-corrected chi connectivity index (χ2v) is 11.2. The number of hydrogen-bond acceptors (Lipinski definition) is 9. The molecule has 0 bridgehead atoms. The summed E-state index contributed by atoms with van der Waals surface area (Å²) in [6.07, 6.45) is -1.61. The fourth-order valence-corrected chi connectivity index (χ4v) is 5.63. The maximum atomic E-state index is 13.8. The van der Waals surface area contributed by atoms with Crippen LogP contribution in [0.25, 0.3) is 0 Å². The van der Waals surface area contributed by atoms with Crippen LogP contribution in [-0.4, -0.2) is 63.2 Å². The third-order valence-electron chi connectivity index (χ3n) is 6.00. The van der Waals surface area contributed by atoms with Crippen molar-refractivity contribution in [1.29, 1.82) is 0 Å². The number of thioether (sulfide) groups is 1. The molecule has 1 fully saturated rings. The highest BCUT2D eigenvalue weighted by Crippen LogP contribution is 2.43. The van der Waals surface area contributed by atoms with Crippen molar-refractivity contribution in [2.24, 2.45) is 5.84 Å². The highest BCUT2D eigenvalue weighted by Gasteiger charge is 2.57. The second kappa shape index (κ2) is 11.5. The molecular formula is C28H31N3O7S. The first-order valence-electron chi connectivity index (χ1n) is 12.4. The first kappa shape index (κ1) is 28.2. The van der Waals surface area contributed by atoms with Crippen LogP contribution in [0.4, 0.5) is 4.79 Å². The van der Waals surface area contributed by atoms with Crippen molar-refractivity contribution in [3.63, 3.8) is 0 Å². The van der Waals surface area contributed by atoms with Gasteiger partial charge in [-0.3, -0.25) is 14.5 Å². The number of β-lactam (4-membered cyclic amide) rings is 1. The number of nitrogens with two attached hydrogens (primary N) is 1. The molecule has 39 heavy (non-hydrogen) atoms. The topological polar surface area (TPSA) is 128 Å². The average Bonchev–Trinajstić information content (AvgIpc) is 2.89. The van der Waals surface area contributed by atoms with E-state index in [0.29, 0.717) is 5.57 Å². The van der Waals surface area contributed by atoms with Crippen LogP contribution < -0.4 is 5.84 Å². The summed E-state index contributed by atoms with van der Waals surface area (Å²) in [6, 6.07) is 17.4. The highest BCUT2D eigenvalue weighted by molar-refractivity contribution is 8.00. The predicted molar refractivity (Wildman–Crippen MR) is 144 cm³/mol. The molecule has 2 aromatic rings. The van der Waals surface area contributed by atoms with Gasteiger partial charge < -0.3 is 14.2 Å². The van der Waals surface area contributed by atoms with E-state index in [0.717, 1.165) is 16.1 Å². The van der Waals surface area contributed by atoms with E-state index in [4.69, 9.17) is 20.1 Å². The van der Waals surface area contributed by atoms with Crippen LogP contribution in [-0.2, 0) is 28.6 Å². The van der Waals surface area contributed by atoms with Crippen molar-refractivity contribution < 1.29 is 33.4 Å². The Morgan fingerprint density at radius 1 is 1.05 bits per heavy atom. The summed E-state index contributed by atoms with van der Waals surface area (Å²) in [4.78, 5) is 52.5. The van der Waals surface area contributed by atoms with Gasteiger partial charge in [0.2, 0.25) is 0 Å². The Labute approximate surface area is 231 Å². The minimum Gasteiger partial charge on any atom is -0.461 e. The van der Waals surface area contributed by atoms with Gasteiger partial charge in [0.05, 0.1) is 0 Å².